The summed E-state index contributed by atoms with van der Waals surface area (Å²) >= 11 is 0. The molecule has 1 aromatic heterocycles. The fourth-order valence-electron chi connectivity index (χ4n) is 2.89. The third-order valence-electron chi connectivity index (χ3n) is 4.03. The lowest BCUT2D eigenvalue weighted by Crippen LogP contribution is -2.22. The molecular weight excluding hydrogens is 308 g/mol. The molecule has 0 atom stereocenters. The Morgan fingerprint density at radius 1 is 1.12 bits per heavy atom. The predicted octanol–water partition coefficient (Wildman–Crippen LogP) is 3.23. The van der Waals surface area contributed by atoms with Crippen molar-refractivity contribution in [3.05, 3.63) is 80.1 Å². The van der Waals surface area contributed by atoms with Crippen molar-refractivity contribution in [2.75, 3.05) is 0 Å². The Kier molecular flexibility index (Phi) is 4.04. The van der Waals surface area contributed by atoms with Gasteiger partial charge in [-0.15, -0.1) is 0 Å². The van der Waals surface area contributed by atoms with Gasteiger partial charge in [-0.05, 0) is 36.6 Å². The average Bonchev–Trinajstić information content (AvgIpc) is 2.56. The summed E-state index contributed by atoms with van der Waals surface area (Å²) in [5.41, 5.74) is 0.918. The highest BCUT2D eigenvalue weighted by Gasteiger charge is 2.25. The largest absolute Gasteiger partial charge is 0.501 e. The lowest BCUT2D eigenvalue weighted by molar-refractivity contribution is -0.387. The van der Waals surface area contributed by atoms with Gasteiger partial charge in [0.25, 0.3) is 0 Å². The van der Waals surface area contributed by atoms with Crippen LogP contribution in [-0.2, 0) is 13.0 Å². The van der Waals surface area contributed by atoms with E-state index in [1.807, 2.05) is 36.4 Å². The summed E-state index contributed by atoms with van der Waals surface area (Å²) in [4.78, 5) is 22.5. The molecule has 6 nitrogen and oxygen atoms in total. The molecule has 0 aliphatic carbocycles. The van der Waals surface area contributed by atoms with Crippen molar-refractivity contribution >= 4 is 16.6 Å². The number of aromatic hydroxyl groups is 1. The molecule has 0 saturated heterocycles. The molecule has 0 spiro atoms. The minimum Gasteiger partial charge on any atom is -0.501 e. The predicted molar refractivity (Wildman–Crippen MR) is 91.4 cm³/mol. The van der Waals surface area contributed by atoms with Crippen LogP contribution in [0.3, 0.4) is 0 Å². The van der Waals surface area contributed by atoms with Gasteiger partial charge in [0.1, 0.15) is 0 Å². The van der Waals surface area contributed by atoms with Gasteiger partial charge in [-0.1, -0.05) is 36.4 Å². The molecule has 0 unspecified atom stereocenters. The SMILES string of the molecule is CCn1c(=O)c([N+](=O)[O-])c(O)c2cc(Cc3ccccc3)ccc21. The Morgan fingerprint density at radius 3 is 2.46 bits per heavy atom. The van der Waals surface area contributed by atoms with Gasteiger partial charge in [0.05, 0.1) is 10.4 Å². The maximum absolute atomic E-state index is 12.2. The number of hydrogen-bond acceptors (Lipinski definition) is 4. The van der Waals surface area contributed by atoms with E-state index in [1.54, 1.807) is 19.1 Å². The van der Waals surface area contributed by atoms with Gasteiger partial charge in [-0.25, -0.2) is 0 Å². The molecule has 0 radical (unpaired) electrons. The number of rotatable bonds is 4. The van der Waals surface area contributed by atoms with Crippen LogP contribution in [0.2, 0.25) is 0 Å². The van der Waals surface area contributed by atoms with Crippen LogP contribution in [0, 0.1) is 10.1 Å². The number of fused-ring (bicyclic) bond motifs is 1. The summed E-state index contributed by atoms with van der Waals surface area (Å²) in [6.45, 7) is 2.02. The van der Waals surface area contributed by atoms with Crippen LogP contribution in [0.15, 0.2) is 53.3 Å². The van der Waals surface area contributed by atoms with E-state index in [0.29, 0.717) is 17.3 Å². The fourth-order valence-corrected chi connectivity index (χ4v) is 2.89. The Bertz CT molecular complexity index is 978. The van der Waals surface area contributed by atoms with Gasteiger partial charge in [-0.3, -0.25) is 14.9 Å². The van der Waals surface area contributed by atoms with E-state index in [4.69, 9.17) is 0 Å². The summed E-state index contributed by atoms with van der Waals surface area (Å²) < 4.78 is 1.31. The monoisotopic (exact) mass is 324 g/mol. The molecule has 0 saturated carbocycles. The lowest BCUT2D eigenvalue weighted by atomic mass is 10.0. The molecule has 3 rings (SSSR count). The highest BCUT2D eigenvalue weighted by molar-refractivity contribution is 5.89. The molecule has 0 aliphatic rings. The van der Waals surface area contributed by atoms with Crippen molar-refractivity contribution in [2.45, 2.75) is 19.9 Å². The quantitative estimate of drug-likeness (QED) is 0.590. The topological polar surface area (TPSA) is 85.4 Å². The second-order valence-electron chi connectivity index (χ2n) is 5.52. The number of benzene rings is 2. The van der Waals surface area contributed by atoms with Crippen molar-refractivity contribution in [2.24, 2.45) is 0 Å². The molecule has 2 aromatic carbocycles. The van der Waals surface area contributed by atoms with E-state index in [9.17, 15) is 20.0 Å². The Labute approximate surface area is 137 Å². The summed E-state index contributed by atoms with van der Waals surface area (Å²) in [6.07, 6.45) is 0.634. The minimum atomic E-state index is -0.826. The molecule has 24 heavy (non-hydrogen) atoms. The summed E-state index contributed by atoms with van der Waals surface area (Å²) in [5.74, 6) is -0.570. The van der Waals surface area contributed by atoms with Gasteiger partial charge < -0.3 is 9.67 Å². The molecular formula is C18H16N2O4. The zero-order valence-corrected chi connectivity index (χ0v) is 13.1. The zero-order valence-electron chi connectivity index (χ0n) is 13.1. The first kappa shape index (κ1) is 15.7. The summed E-state index contributed by atoms with van der Waals surface area (Å²) in [5, 5.41) is 21.7. The standard InChI is InChI=1S/C18H16N2O4/c1-2-19-15-9-8-13(10-12-6-4-3-5-7-12)11-14(15)17(21)16(18(19)22)20(23)24/h3-9,11,21H,2,10H2,1H3. The van der Waals surface area contributed by atoms with Crippen molar-refractivity contribution in [1.82, 2.24) is 4.57 Å². The molecule has 1 N–H and O–H groups in total. The maximum atomic E-state index is 12.2. The van der Waals surface area contributed by atoms with Gasteiger partial charge in [0.15, 0.2) is 0 Å². The van der Waals surface area contributed by atoms with Gasteiger partial charge >= 0.3 is 11.2 Å². The Balaban J connectivity index is 2.22. The Morgan fingerprint density at radius 2 is 1.83 bits per heavy atom. The number of aryl methyl sites for hydroxylation is 1. The second kappa shape index (κ2) is 6.16. The van der Waals surface area contributed by atoms with Crippen LogP contribution in [0.5, 0.6) is 5.75 Å². The van der Waals surface area contributed by atoms with Crippen LogP contribution in [0.25, 0.3) is 10.9 Å². The molecule has 1 heterocycles. The number of nitro groups is 1. The van der Waals surface area contributed by atoms with E-state index in [-0.39, 0.29) is 6.54 Å². The van der Waals surface area contributed by atoms with E-state index < -0.39 is 21.9 Å². The molecule has 122 valence electrons. The second-order valence-corrected chi connectivity index (χ2v) is 5.52. The van der Waals surface area contributed by atoms with Gasteiger partial charge in [0, 0.05) is 11.9 Å². The van der Waals surface area contributed by atoms with E-state index >= 15 is 0 Å². The average molecular weight is 324 g/mol. The van der Waals surface area contributed by atoms with E-state index in [2.05, 4.69) is 0 Å². The fraction of sp³-hybridized carbons (Fsp3) is 0.167. The molecule has 0 amide bonds. The lowest BCUT2D eigenvalue weighted by Gasteiger charge is -2.11. The van der Waals surface area contributed by atoms with Crippen molar-refractivity contribution in [3.8, 4) is 5.75 Å². The van der Waals surface area contributed by atoms with Gasteiger partial charge in [-0.2, -0.15) is 0 Å². The van der Waals surface area contributed by atoms with E-state index in [1.165, 1.54) is 4.57 Å². The van der Waals surface area contributed by atoms with E-state index in [0.717, 1.165) is 11.1 Å². The third-order valence-corrected chi connectivity index (χ3v) is 4.03. The molecule has 3 aromatic rings. The molecule has 0 bridgehead atoms. The molecule has 6 heteroatoms. The van der Waals surface area contributed by atoms with Crippen LogP contribution in [-0.4, -0.2) is 14.6 Å². The first-order chi connectivity index (χ1) is 11.5. The van der Waals surface area contributed by atoms with Crippen molar-refractivity contribution < 1.29 is 10.0 Å². The highest BCUT2D eigenvalue weighted by atomic mass is 16.6. The summed E-state index contributed by atoms with van der Waals surface area (Å²) in [7, 11) is 0. The summed E-state index contributed by atoms with van der Waals surface area (Å²) in [6, 6.07) is 15.1. The molecule has 0 fully saturated rings. The van der Waals surface area contributed by atoms with Crippen molar-refractivity contribution in [1.29, 1.82) is 0 Å². The smallest absolute Gasteiger partial charge is 0.375 e. The first-order valence-corrected chi connectivity index (χ1v) is 7.59. The first-order valence-electron chi connectivity index (χ1n) is 7.59. The minimum absolute atomic E-state index is 0.286. The normalized spacial score (nSPS) is 10.9. The highest BCUT2D eigenvalue weighted by Crippen LogP contribution is 2.32. The number of aromatic nitrogens is 1. The Hall–Kier alpha value is -3.15. The molecule has 0 aliphatic heterocycles. The zero-order chi connectivity index (χ0) is 17.3. The third kappa shape index (κ3) is 2.62. The number of nitrogens with zero attached hydrogens (tertiary/aromatic N) is 2. The number of pyridine rings is 1. The van der Waals surface area contributed by atoms with Crippen molar-refractivity contribution in [3.63, 3.8) is 0 Å². The van der Waals surface area contributed by atoms with Crippen LogP contribution < -0.4 is 5.56 Å². The van der Waals surface area contributed by atoms with Crippen LogP contribution in [0.4, 0.5) is 5.69 Å². The maximum Gasteiger partial charge on any atom is 0.375 e. The van der Waals surface area contributed by atoms with Gasteiger partial charge in [0.2, 0.25) is 5.75 Å². The van der Waals surface area contributed by atoms with Crippen LogP contribution >= 0.6 is 0 Å². The van der Waals surface area contributed by atoms with Crippen LogP contribution in [0.1, 0.15) is 18.1 Å². The number of hydrogen-bond donors (Lipinski definition) is 1.